The van der Waals surface area contributed by atoms with Gasteiger partial charge in [-0.25, -0.2) is 25.1 Å². The number of hydrogen-bond acceptors (Lipinski definition) is 9. The highest BCUT2D eigenvalue weighted by Crippen LogP contribution is 2.39. The van der Waals surface area contributed by atoms with Gasteiger partial charge < -0.3 is 19.4 Å². The molecule has 3 heterocycles. The molecule has 2 aliphatic heterocycles. The van der Waals surface area contributed by atoms with Gasteiger partial charge in [0.15, 0.2) is 0 Å². The highest BCUT2D eigenvalue weighted by molar-refractivity contribution is 6.00. The molecule has 1 aromatic heterocycles. The van der Waals surface area contributed by atoms with Crippen molar-refractivity contribution in [1.82, 2.24) is 14.9 Å². The summed E-state index contributed by atoms with van der Waals surface area (Å²) in [5, 5.41) is 4.61. The number of rotatable bonds is 8. The molecule has 0 saturated heterocycles. The number of nitrogens with one attached hydrogen (secondary N) is 2. The zero-order chi connectivity index (χ0) is 27.4. The molecule has 10 heteroatoms. The normalized spacial score (nSPS) is 16.7. The highest BCUT2D eigenvalue weighted by Gasteiger charge is 2.43. The number of benzene rings is 2. The number of aromatic nitrogens is 2. The van der Waals surface area contributed by atoms with Gasteiger partial charge in [0, 0.05) is 30.3 Å². The summed E-state index contributed by atoms with van der Waals surface area (Å²) < 4.78 is 12.7. The third-order valence-electron chi connectivity index (χ3n) is 6.51. The van der Waals surface area contributed by atoms with Crippen LogP contribution in [0.25, 0.3) is 6.08 Å². The van der Waals surface area contributed by atoms with Crippen molar-refractivity contribution in [3.05, 3.63) is 107 Å². The van der Waals surface area contributed by atoms with E-state index >= 15 is 0 Å². The van der Waals surface area contributed by atoms with Gasteiger partial charge in [0.25, 0.3) is 0 Å². The minimum atomic E-state index is -0.894. The van der Waals surface area contributed by atoms with Gasteiger partial charge in [0.2, 0.25) is 0 Å². The van der Waals surface area contributed by atoms with Gasteiger partial charge in [-0.15, -0.1) is 0 Å². The summed E-state index contributed by atoms with van der Waals surface area (Å²) in [5.41, 5.74) is 7.97. The minimum absolute atomic E-state index is 0.0467. The molecule has 0 saturated carbocycles. The number of esters is 2. The lowest BCUT2D eigenvalue weighted by Crippen LogP contribution is -2.46. The molecule has 0 spiro atoms. The van der Waals surface area contributed by atoms with Crippen molar-refractivity contribution in [3.63, 3.8) is 0 Å². The number of fused-ring (bicyclic) bond motifs is 1. The van der Waals surface area contributed by atoms with Crippen LogP contribution in [0.5, 0.6) is 0 Å². The summed E-state index contributed by atoms with van der Waals surface area (Å²) in [6.07, 6.45) is 9.11. The Balaban J connectivity index is 1.31. The second kappa shape index (κ2) is 11.3. The molecule has 2 aromatic carbocycles. The van der Waals surface area contributed by atoms with Gasteiger partial charge in [0.05, 0.1) is 36.0 Å². The number of carbonyl (C=O) groups excluding carboxylic acids is 2. The number of imidazole rings is 1. The Kier molecular flexibility index (Phi) is 7.46. The topological polar surface area (TPSA) is 107 Å². The smallest absolute Gasteiger partial charge is 0.338 e. The Bertz CT molecular complexity index is 1460. The van der Waals surface area contributed by atoms with E-state index in [0.717, 1.165) is 17.7 Å². The number of methoxy groups -OCH3 is 1. The van der Waals surface area contributed by atoms with Gasteiger partial charge in [-0.2, -0.15) is 4.94 Å². The van der Waals surface area contributed by atoms with E-state index in [4.69, 9.17) is 14.4 Å². The van der Waals surface area contributed by atoms with Gasteiger partial charge in [0.1, 0.15) is 12.6 Å². The third kappa shape index (κ3) is 5.41. The van der Waals surface area contributed by atoms with E-state index in [9.17, 15) is 9.59 Å². The predicted molar refractivity (Wildman–Crippen MR) is 146 cm³/mol. The summed E-state index contributed by atoms with van der Waals surface area (Å²) in [7, 11) is 1.30. The van der Waals surface area contributed by atoms with Crippen LogP contribution in [0.15, 0.2) is 95.9 Å². The molecule has 39 heavy (non-hydrogen) atoms. The van der Waals surface area contributed by atoms with Gasteiger partial charge in [-0.3, -0.25) is 0 Å². The Morgan fingerprint density at radius 2 is 1.79 bits per heavy atom. The number of hydroxylamine groups is 1. The fraction of sp³-hybridized carbons (Fsp3) is 0.207. The lowest BCUT2D eigenvalue weighted by atomic mass is 9.91. The lowest BCUT2D eigenvalue weighted by molar-refractivity contribution is -0.138. The number of ether oxygens (including phenoxy) is 2. The zero-order valence-corrected chi connectivity index (χ0v) is 21.9. The molecule has 5 rings (SSSR count). The van der Waals surface area contributed by atoms with Crippen LogP contribution in [0.4, 0.5) is 11.4 Å². The second-order valence-corrected chi connectivity index (χ2v) is 9.11. The fourth-order valence-electron chi connectivity index (χ4n) is 4.65. The highest BCUT2D eigenvalue weighted by atomic mass is 16.8. The van der Waals surface area contributed by atoms with Gasteiger partial charge in [-0.1, -0.05) is 42.5 Å². The molecule has 3 aromatic rings. The molecule has 200 valence electrons. The maximum Gasteiger partial charge on any atom is 0.338 e. The van der Waals surface area contributed by atoms with E-state index in [1.54, 1.807) is 32.4 Å². The monoisotopic (exact) mass is 527 g/mol. The molecular formula is C29H29N5O5. The number of dihydropyridines is 1. The van der Waals surface area contributed by atoms with Crippen molar-refractivity contribution in [3.8, 4) is 0 Å². The number of anilines is 2. The van der Waals surface area contributed by atoms with Crippen molar-refractivity contribution in [2.24, 2.45) is 0 Å². The maximum atomic E-state index is 13.4. The molecule has 2 aliphatic rings. The molecule has 0 aliphatic carbocycles. The van der Waals surface area contributed by atoms with Crippen LogP contribution in [-0.4, -0.2) is 41.2 Å². The molecule has 0 amide bonds. The Morgan fingerprint density at radius 3 is 2.51 bits per heavy atom. The van der Waals surface area contributed by atoms with Crippen LogP contribution < -0.4 is 15.9 Å². The van der Waals surface area contributed by atoms with Crippen LogP contribution in [0.3, 0.4) is 0 Å². The number of carbonyl (C=O) groups is 2. The first-order valence-corrected chi connectivity index (χ1v) is 12.4. The zero-order valence-electron chi connectivity index (χ0n) is 21.9. The SMILES string of the molecule is COC(=O)C1=C(C)NC(C)=C(C(=O)OC/C=C/c2ccc(Cn3ccnc3)cc2)C1N1ONc2ccccc21. The van der Waals surface area contributed by atoms with E-state index in [2.05, 4.69) is 15.8 Å². The molecule has 1 unspecified atom stereocenters. The number of hydrogen-bond donors (Lipinski definition) is 2. The van der Waals surface area contributed by atoms with Crippen LogP contribution in [-0.2, 0) is 30.5 Å². The molecule has 10 nitrogen and oxygen atoms in total. The van der Waals surface area contributed by atoms with Crippen molar-refractivity contribution in [2.75, 3.05) is 24.3 Å². The van der Waals surface area contributed by atoms with Crippen LogP contribution in [0.2, 0.25) is 0 Å². The summed E-state index contributed by atoms with van der Waals surface area (Å²) in [6.45, 7) is 4.31. The van der Waals surface area contributed by atoms with Gasteiger partial charge in [-0.05, 0) is 43.2 Å². The van der Waals surface area contributed by atoms with Crippen molar-refractivity contribution in [1.29, 1.82) is 0 Å². The van der Waals surface area contributed by atoms with E-state index in [-0.39, 0.29) is 17.8 Å². The summed E-state index contributed by atoms with van der Waals surface area (Å²) in [5.74, 6) is -1.15. The average molecular weight is 528 g/mol. The summed E-state index contributed by atoms with van der Waals surface area (Å²) >= 11 is 0. The molecule has 2 N–H and O–H groups in total. The van der Waals surface area contributed by atoms with Crippen LogP contribution in [0, 0.1) is 0 Å². The van der Waals surface area contributed by atoms with Crippen molar-refractivity contribution < 1.29 is 24.0 Å². The minimum Gasteiger partial charge on any atom is -0.466 e. The summed E-state index contributed by atoms with van der Waals surface area (Å²) in [6, 6.07) is 14.6. The standard InChI is InChI=1S/C29H29N5O5/c1-19-25(28(35)37-3)27(34-24-9-5-4-8-23(24)32-39-34)26(20(2)31-19)29(36)38-16-6-7-21-10-12-22(13-11-21)17-33-15-14-30-18-33/h4-15,18,27,31-32H,16-17H2,1-3H3/b7-6+. The largest absolute Gasteiger partial charge is 0.466 e. The Labute approximate surface area is 226 Å². The third-order valence-corrected chi connectivity index (χ3v) is 6.51. The number of para-hydroxylation sites is 2. The lowest BCUT2D eigenvalue weighted by Gasteiger charge is -2.34. The molecular weight excluding hydrogens is 498 g/mol. The first-order valence-electron chi connectivity index (χ1n) is 12.4. The fourth-order valence-corrected chi connectivity index (χ4v) is 4.65. The quantitative estimate of drug-likeness (QED) is 0.421. The average Bonchev–Trinajstić information content (AvgIpc) is 3.61. The molecule has 1 atom stereocenters. The van der Waals surface area contributed by atoms with Crippen molar-refractivity contribution >= 4 is 29.4 Å². The number of allylic oxidation sites excluding steroid dienone is 2. The van der Waals surface area contributed by atoms with Gasteiger partial charge >= 0.3 is 11.9 Å². The maximum absolute atomic E-state index is 13.4. The first kappa shape index (κ1) is 25.8. The Morgan fingerprint density at radius 1 is 1.05 bits per heavy atom. The van der Waals surface area contributed by atoms with Crippen molar-refractivity contribution in [2.45, 2.75) is 26.4 Å². The molecule has 0 fully saturated rings. The molecule has 0 radical (unpaired) electrons. The van der Waals surface area contributed by atoms with E-state index in [1.807, 2.05) is 65.4 Å². The predicted octanol–water partition coefficient (Wildman–Crippen LogP) is 3.96. The van der Waals surface area contributed by atoms with E-state index in [0.29, 0.717) is 22.8 Å². The van der Waals surface area contributed by atoms with Crippen LogP contribution in [0.1, 0.15) is 25.0 Å². The van der Waals surface area contributed by atoms with Crippen LogP contribution >= 0.6 is 0 Å². The van der Waals surface area contributed by atoms with E-state index < -0.39 is 18.0 Å². The Hall–Kier alpha value is -4.83. The summed E-state index contributed by atoms with van der Waals surface area (Å²) in [4.78, 5) is 36.1. The van der Waals surface area contributed by atoms with E-state index in [1.165, 1.54) is 12.2 Å². The second-order valence-electron chi connectivity index (χ2n) is 9.11. The number of nitrogens with zero attached hydrogens (tertiary/aromatic N) is 3. The molecule has 0 bridgehead atoms. The first-order chi connectivity index (χ1) is 19.0.